The standard InChI is InChI=1S/C26H36N4O5S/c1-26(2)11-7-13-28(19-24(31)29-14-16-30(17-15-29)36(3,32)33)18-21-8-6-12-27-25(21)35-23-10-5-4-9-22(23)34-20-26/h4-6,8-10,12H,7,11,13-20H2,1-3H3. The van der Waals surface area contributed by atoms with E-state index in [0.29, 0.717) is 56.7 Å². The Balaban J connectivity index is 1.52. The summed E-state index contributed by atoms with van der Waals surface area (Å²) in [5.74, 6) is 1.79. The first-order valence-corrected chi connectivity index (χ1v) is 14.2. The number of piperazine rings is 1. The van der Waals surface area contributed by atoms with Gasteiger partial charge in [0.05, 0.1) is 19.4 Å². The van der Waals surface area contributed by atoms with Crippen LogP contribution in [0.25, 0.3) is 0 Å². The lowest BCUT2D eigenvalue weighted by molar-refractivity contribution is -0.133. The van der Waals surface area contributed by atoms with E-state index in [0.717, 1.165) is 24.9 Å². The smallest absolute Gasteiger partial charge is 0.236 e. The van der Waals surface area contributed by atoms with Crippen molar-refractivity contribution in [1.82, 2.24) is 19.1 Å². The number of ether oxygens (including phenoxy) is 2. The SMILES string of the molecule is CC1(C)CCCN(CC(=O)N2CCN(S(C)(=O)=O)CC2)Cc2cccnc2Oc2ccccc2OC1. The van der Waals surface area contributed by atoms with E-state index in [4.69, 9.17) is 9.47 Å². The van der Waals surface area contributed by atoms with E-state index >= 15 is 0 Å². The maximum absolute atomic E-state index is 13.2. The summed E-state index contributed by atoms with van der Waals surface area (Å²) < 4.78 is 37.4. The first-order chi connectivity index (χ1) is 17.1. The van der Waals surface area contributed by atoms with Gasteiger partial charge in [-0.3, -0.25) is 9.69 Å². The molecule has 0 bridgehead atoms. The lowest BCUT2D eigenvalue weighted by Gasteiger charge is -2.34. The molecule has 4 rings (SSSR count). The van der Waals surface area contributed by atoms with E-state index in [1.807, 2.05) is 36.4 Å². The molecule has 1 fully saturated rings. The van der Waals surface area contributed by atoms with E-state index in [-0.39, 0.29) is 17.9 Å². The monoisotopic (exact) mass is 516 g/mol. The van der Waals surface area contributed by atoms with Crippen molar-refractivity contribution in [3.63, 3.8) is 0 Å². The van der Waals surface area contributed by atoms with Gasteiger partial charge in [0, 0.05) is 44.5 Å². The van der Waals surface area contributed by atoms with E-state index in [1.54, 1.807) is 11.1 Å². The molecule has 0 N–H and O–H groups in total. The summed E-state index contributed by atoms with van der Waals surface area (Å²) in [4.78, 5) is 21.6. The third-order valence-electron chi connectivity index (χ3n) is 6.67. The van der Waals surface area contributed by atoms with Crippen molar-refractivity contribution in [2.24, 2.45) is 5.41 Å². The molecule has 0 saturated carbocycles. The van der Waals surface area contributed by atoms with Crippen molar-refractivity contribution in [3.8, 4) is 17.4 Å². The number of fused-ring (bicyclic) bond motifs is 2. The van der Waals surface area contributed by atoms with Gasteiger partial charge in [-0.05, 0) is 43.0 Å². The number of hydrogen-bond acceptors (Lipinski definition) is 7. The predicted molar refractivity (Wildman–Crippen MR) is 138 cm³/mol. The van der Waals surface area contributed by atoms with Crippen LogP contribution in [0.4, 0.5) is 0 Å². The van der Waals surface area contributed by atoms with Gasteiger partial charge in [0.15, 0.2) is 11.5 Å². The minimum Gasteiger partial charge on any atom is -0.489 e. The highest BCUT2D eigenvalue weighted by atomic mass is 32.2. The number of sulfonamides is 1. The molecule has 0 atom stereocenters. The zero-order valence-corrected chi connectivity index (χ0v) is 22.2. The Morgan fingerprint density at radius 2 is 1.75 bits per heavy atom. The molecule has 1 saturated heterocycles. The van der Waals surface area contributed by atoms with Gasteiger partial charge >= 0.3 is 0 Å². The molecule has 10 heteroatoms. The molecule has 196 valence electrons. The third kappa shape index (κ3) is 6.96. The van der Waals surface area contributed by atoms with Crippen LogP contribution in [0.15, 0.2) is 42.6 Å². The van der Waals surface area contributed by atoms with Gasteiger partial charge in [-0.2, -0.15) is 4.31 Å². The van der Waals surface area contributed by atoms with Gasteiger partial charge < -0.3 is 14.4 Å². The maximum atomic E-state index is 13.2. The fourth-order valence-corrected chi connectivity index (χ4v) is 5.36. The summed E-state index contributed by atoms with van der Waals surface area (Å²) >= 11 is 0. The maximum Gasteiger partial charge on any atom is 0.236 e. The van der Waals surface area contributed by atoms with Gasteiger partial charge in [0.25, 0.3) is 0 Å². The lowest BCUT2D eigenvalue weighted by Crippen LogP contribution is -2.52. The van der Waals surface area contributed by atoms with Crippen LogP contribution in [-0.4, -0.2) is 85.5 Å². The van der Waals surface area contributed by atoms with Crippen molar-refractivity contribution < 1.29 is 22.7 Å². The molecule has 0 aliphatic carbocycles. The Morgan fingerprint density at radius 1 is 1.03 bits per heavy atom. The first kappa shape index (κ1) is 26.4. The average molecular weight is 517 g/mol. The largest absolute Gasteiger partial charge is 0.489 e. The Labute approximate surface area is 214 Å². The van der Waals surface area contributed by atoms with Crippen molar-refractivity contribution in [1.29, 1.82) is 0 Å². The van der Waals surface area contributed by atoms with Crippen molar-refractivity contribution in [3.05, 3.63) is 48.2 Å². The number of nitrogens with zero attached hydrogens (tertiary/aromatic N) is 4. The van der Waals surface area contributed by atoms with Gasteiger partial charge in [-0.25, -0.2) is 13.4 Å². The van der Waals surface area contributed by atoms with E-state index < -0.39 is 10.0 Å². The van der Waals surface area contributed by atoms with E-state index in [1.165, 1.54) is 10.6 Å². The molecule has 2 aliphatic heterocycles. The first-order valence-electron chi connectivity index (χ1n) is 12.4. The van der Waals surface area contributed by atoms with Crippen molar-refractivity contribution in [2.45, 2.75) is 33.2 Å². The molecular formula is C26H36N4O5S. The number of pyridine rings is 1. The Hall–Kier alpha value is -2.69. The fourth-order valence-electron chi connectivity index (χ4n) is 4.54. The van der Waals surface area contributed by atoms with E-state index in [2.05, 4.69) is 23.7 Å². The highest BCUT2D eigenvalue weighted by Gasteiger charge is 2.28. The summed E-state index contributed by atoms with van der Waals surface area (Å²) in [6, 6.07) is 11.5. The summed E-state index contributed by atoms with van der Waals surface area (Å²) in [5.41, 5.74) is 0.838. The van der Waals surface area contributed by atoms with Gasteiger partial charge in [0.2, 0.25) is 21.8 Å². The van der Waals surface area contributed by atoms with Crippen LogP contribution in [0.3, 0.4) is 0 Å². The molecule has 36 heavy (non-hydrogen) atoms. The number of carbonyl (C=O) groups is 1. The van der Waals surface area contributed by atoms with Crippen molar-refractivity contribution >= 4 is 15.9 Å². The molecule has 0 radical (unpaired) electrons. The molecule has 1 aromatic heterocycles. The number of aromatic nitrogens is 1. The number of hydrogen-bond donors (Lipinski definition) is 0. The van der Waals surface area contributed by atoms with Gasteiger partial charge in [-0.1, -0.05) is 32.0 Å². The second-order valence-corrected chi connectivity index (χ2v) is 12.3. The fraction of sp³-hybridized carbons (Fsp3) is 0.538. The zero-order chi connectivity index (χ0) is 25.8. The van der Waals surface area contributed by atoms with Crippen LogP contribution in [0.1, 0.15) is 32.3 Å². The molecule has 1 aromatic carbocycles. The molecule has 0 unspecified atom stereocenters. The highest BCUT2D eigenvalue weighted by Crippen LogP contribution is 2.34. The number of para-hydroxylation sites is 2. The summed E-state index contributed by atoms with van der Waals surface area (Å²) in [6.07, 6.45) is 4.75. The second kappa shape index (κ2) is 11.1. The predicted octanol–water partition coefficient (Wildman–Crippen LogP) is 2.98. The van der Waals surface area contributed by atoms with Crippen molar-refractivity contribution in [2.75, 3.05) is 52.1 Å². The molecule has 0 spiro atoms. The Bertz CT molecular complexity index is 1160. The molecular weight excluding hydrogens is 480 g/mol. The summed E-state index contributed by atoms with van der Waals surface area (Å²) in [6.45, 7) is 7.89. The topological polar surface area (TPSA) is 92.3 Å². The second-order valence-electron chi connectivity index (χ2n) is 10.3. The zero-order valence-electron chi connectivity index (χ0n) is 21.4. The molecule has 9 nitrogen and oxygen atoms in total. The van der Waals surface area contributed by atoms with Gasteiger partial charge in [0.1, 0.15) is 0 Å². The summed E-state index contributed by atoms with van der Waals surface area (Å²) in [7, 11) is -3.24. The number of rotatable bonds is 3. The Kier molecular flexibility index (Phi) is 8.17. The highest BCUT2D eigenvalue weighted by molar-refractivity contribution is 7.88. The average Bonchev–Trinajstić information content (AvgIpc) is 2.84. The lowest BCUT2D eigenvalue weighted by atomic mass is 9.88. The van der Waals surface area contributed by atoms with Gasteiger partial charge in [-0.15, -0.1) is 0 Å². The number of benzene rings is 1. The van der Waals surface area contributed by atoms with E-state index in [9.17, 15) is 13.2 Å². The minimum absolute atomic E-state index is 0.00626. The van der Waals surface area contributed by atoms with Crippen LogP contribution >= 0.6 is 0 Å². The summed E-state index contributed by atoms with van der Waals surface area (Å²) in [5, 5.41) is 0. The van der Waals surface area contributed by atoms with Crippen LogP contribution in [0.2, 0.25) is 0 Å². The number of amides is 1. The Morgan fingerprint density at radius 3 is 2.47 bits per heavy atom. The van der Waals surface area contributed by atoms with Crippen LogP contribution < -0.4 is 9.47 Å². The molecule has 1 amide bonds. The molecule has 2 aliphatic rings. The van der Waals surface area contributed by atoms with Crippen LogP contribution in [0.5, 0.6) is 17.4 Å². The number of carbonyl (C=O) groups excluding carboxylic acids is 1. The van der Waals surface area contributed by atoms with Crippen LogP contribution in [0, 0.1) is 5.41 Å². The molecule has 2 aromatic rings. The quantitative estimate of drug-likeness (QED) is 0.619. The van der Waals surface area contributed by atoms with Crippen LogP contribution in [-0.2, 0) is 21.4 Å². The molecule has 3 heterocycles. The minimum atomic E-state index is -3.24. The normalized spacial score (nSPS) is 19.9. The third-order valence-corrected chi connectivity index (χ3v) is 7.97.